The van der Waals surface area contributed by atoms with Gasteiger partial charge in [-0.25, -0.2) is 4.79 Å². The van der Waals surface area contributed by atoms with Crippen molar-refractivity contribution in [2.24, 2.45) is 0 Å². The van der Waals surface area contributed by atoms with Gasteiger partial charge in [0.1, 0.15) is 0 Å². The Bertz CT molecular complexity index is 896. The molecular formula is C22H24N4O. The number of para-hydroxylation sites is 4. The molecule has 0 spiro atoms. The van der Waals surface area contributed by atoms with Gasteiger partial charge in [-0.3, -0.25) is 4.90 Å². The lowest BCUT2D eigenvalue weighted by Gasteiger charge is -2.20. The number of urea groups is 1. The number of benzene rings is 3. The van der Waals surface area contributed by atoms with Gasteiger partial charge < -0.3 is 16.0 Å². The summed E-state index contributed by atoms with van der Waals surface area (Å²) in [6, 6.07) is 25.2. The minimum atomic E-state index is -0.177. The van der Waals surface area contributed by atoms with Gasteiger partial charge in [0.25, 0.3) is 0 Å². The summed E-state index contributed by atoms with van der Waals surface area (Å²) in [6.45, 7) is 0.601. The van der Waals surface area contributed by atoms with Crippen LogP contribution in [0.2, 0.25) is 0 Å². The second kappa shape index (κ2) is 8.76. The number of nitrogens with one attached hydrogen (secondary N) is 3. The van der Waals surface area contributed by atoms with Crippen LogP contribution in [0, 0.1) is 0 Å². The average Bonchev–Trinajstić information content (AvgIpc) is 2.73. The fourth-order valence-electron chi connectivity index (χ4n) is 2.81. The van der Waals surface area contributed by atoms with E-state index < -0.39 is 0 Å². The Morgan fingerprint density at radius 1 is 0.815 bits per heavy atom. The van der Waals surface area contributed by atoms with Crippen molar-refractivity contribution < 1.29 is 4.79 Å². The lowest BCUT2D eigenvalue weighted by Crippen LogP contribution is -2.31. The molecule has 0 fully saturated rings. The number of carbonyl (C=O) groups excluding carboxylic acids is 1. The molecular weight excluding hydrogens is 336 g/mol. The van der Waals surface area contributed by atoms with E-state index in [1.807, 2.05) is 85.9 Å². The van der Waals surface area contributed by atoms with Crippen LogP contribution in [-0.4, -0.2) is 20.1 Å². The molecule has 0 saturated heterocycles. The van der Waals surface area contributed by atoms with Gasteiger partial charge in [-0.2, -0.15) is 0 Å². The molecule has 138 valence electrons. The van der Waals surface area contributed by atoms with Gasteiger partial charge >= 0.3 is 6.03 Å². The molecule has 3 aromatic rings. The average molecular weight is 360 g/mol. The molecule has 3 N–H and O–H groups in total. The van der Waals surface area contributed by atoms with Gasteiger partial charge in [0.05, 0.1) is 11.4 Å². The van der Waals surface area contributed by atoms with Crippen molar-refractivity contribution in [1.82, 2.24) is 0 Å². The third kappa shape index (κ3) is 4.58. The summed E-state index contributed by atoms with van der Waals surface area (Å²) in [4.78, 5) is 14.2. The molecule has 2 amide bonds. The summed E-state index contributed by atoms with van der Waals surface area (Å²) in [7, 11) is 3.66. The Balaban J connectivity index is 1.71. The van der Waals surface area contributed by atoms with Crippen molar-refractivity contribution in [2.45, 2.75) is 6.54 Å². The highest BCUT2D eigenvalue weighted by atomic mass is 16.2. The van der Waals surface area contributed by atoms with Crippen molar-refractivity contribution >= 4 is 28.8 Å². The lowest BCUT2D eigenvalue weighted by molar-refractivity contribution is 0.258. The summed E-state index contributed by atoms with van der Waals surface area (Å²) in [5, 5.41) is 9.61. The highest BCUT2D eigenvalue weighted by Gasteiger charge is 2.12. The summed E-state index contributed by atoms with van der Waals surface area (Å²) >= 11 is 0. The third-order valence-electron chi connectivity index (χ3n) is 4.37. The van der Waals surface area contributed by atoms with Crippen LogP contribution in [0.5, 0.6) is 0 Å². The second-order valence-corrected chi connectivity index (χ2v) is 6.13. The van der Waals surface area contributed by atoms with E-state index in [-0.39, 0.29) is 6.03 Å². The zero-order valence-electron chi connectivity index (χ0n) is 15.6. The van der Waals surface area contributed by atoms with Gasteiger partial charge in [-0.05, 0) is 35.9 Å². The maximum Gasteiger partial charge on any atom is 0.326 e. The highest BCUT2D eigenvalue weighted by Crippen LogP contribution is 2.23. The van der Waals surface area contributed by atoms with E-state index >= 15 is 0 Å². The largest absolute Gasteiger partial charge is 0.386 e. The van der Waals surface area contributed by atoms with Crippen molar-refractivity contribution in [3.8, 4) is 0 Å². The Hall–Kier alpha value is -3.47. The van der Waals surface area contributed by atoms with E-state index in [0.29, 0.717) is 6.54 Å². The topological polar surface area (TPSA) is 56.4 Å². The van der Waals surface area contributed by atoms with Gasteiger partial charge in [0, 0.05) is 32.0 Å². The molecule has 0 aromatic heterocycles. The first-order valence-corrected chi connectivity index (χ1v) is 8.87. The monoisotopic (exact) mass is 360 g/mol. The molecule has 3 aromatic carbocycles. The van der Waals surface area contributed by atoms with Crippen LogP contribution in [0.4, 0.5) is 27.5 Å². The normalized spacial score (nSPS) is 10.1. The summed E-state index contributed by atoms with van der Waals surface area (Å²) < 4.78 is 0. The fourth-order valence-corrected chi connectivity index (χ4v) is 2.81. The molecule has 5 heteroatoms. The summed E-state index contributed by atoms with van der Waals surface area (Å²) in [5.74, 6) is 0. The Labute approximate surface area is 160 Å². The maximum atomic E-state index is 12.6. The molecule has 0 aliphatic rings. The predicted octanol–water partition coefficient (Wildman–Crippen LogP) is 5.01. The first-order chi connectivity index (χ1) is 13.2. The zero-order valence-corrected chi connectivity index (χ0v) is 15.6. The number of carbonyl (C=O) groups is 1. The first kappa shape index (κ1) is 18.3. The standard InChI is InChI=1S/C22H24N4O/c1-23-20-14-8-9-15-21(20)24-16-17-10-6-7-13-19(17)25-22(27)26(2)18-11-4-3-5-12-18/h3-15,23-24H,16H2,1-2H3,(H,25,27). The van der Waals surface area contributed by atoms with E-state index in [1.54, 1.807) is 11.9 Å². The van der Waals surface area contributed by atoms with Crippen molar-refractivity contribution in [3.05, 3.63) is 84.4 Å². The molecule has 0 saturated carbocycles. The van der Waals surface area contributed by atoms with E-state index in [4.69, 9.17) is 0 Å². The summed E-state index contributed by atoms with van der Waals surface area (Å²) in [5.41, 5.74) is 4.69. The number of anilines is 4. The molecule has 0 aliphatic heterocycles. The third-order valence-corrected chi connectivity index (χ3v) is 4.37. The molecule has 0 heterocycles. The van der Waals surface area contributed by atoms with Gasteiger partial charge in [-0.15, -0.1) is 0 Å². The first-order valence-electron chi connectivity index (χ1n) is 8.87. The van der Waals surface area contributed by atoms with E-state index in [2.05, 4.69) is 16.0 Å². The smallest absolute Gasteiger partial charge is 0.326 e. The van der Waals surface area contributed by atoms with Crippen LogP contribution in [-0.2, 0) is 6.54 Å². The SMILES string of the molecule is CNc1ccccc1NCc1ccccc1NC(=O)N(C)c1ccccc1. The van der Waals surface area contributed by atoms with Crippen LogP contribution in [0.15, 0.2) is 78.9 Å². The van der Waals surface area contributed by atoms with Crippen LogP contribution >= 0.6 is 0 Å². The van der Waals surface area contributed by atoms with Gasteiger partial charge in [0.15, 0.2) is 0 Å². The lowest BCUT2D eigenvalue weighted by atomic mass is 10.1. The Morgan fingerprint density at radius 3 is 2.11 bits per heavy atom. The molecule has 0 aliphatic carbocycles. The van der Waals surface area contributed by atoms with E-state index in [0.717, 1.165) is 28.3 Å². The van der Waals surface area contributed by atoms with Crippen LogP contribution < -0.4 is 20.9 Å². The van der Waals surface area contributed by atoms with Gasteiger partial charge in [-0.1, -0.05) is 48.5 Å². The molecule has 0 atom stereocenters. The fraction of sp³-hybridized carbons (Fsp3) is 0.136. The van der Waals surface area contributed by atoms with Crippen LogP contribution in [0.3, 0.4) is 0 Å². The minimum absolute atomic E-state index is 0.177. The van der Waals surface area contributed by atoms with Crippen molar-refractivity contribution in [1.29, 1.82) is 0 Å². The number of nitrogens with zero attached hydrogens (tertiary/aromatic N) is 1. The highest BCUT2D eigenvalue weighted by molar-refractivity contribution is 6.01. The Kier molecular flexibility index (Phi) is 5.94. The number of hydrogen-bond donors (Lipinski definition) is 3. The predicted molar refractivity (Wildman–Crippen MR) is 114 cm³/mol. The van der Waals surface area contributed by atoms with Crippen molar-refractivity contribution in [2.75, 3.05) is 34.9 Å². The molecule has 0 radical (unpaired) electrons. The quantitative estimate of drug-likeness (QED) is 0.579. The van der Waals surface area contributed by atoms with E-state index in [1.165, 1.54) is 0 Å². The van der Waals surface area contributed by atoms with Crippen molar-refractivity contribution in [3.63, 3.8) is 0 Å². The Morgan fingerprint density at radius 2 is 1.41 bits per heavy atom. The zero-order chi connectivity index (χ0) is 19.1. The molecule has 27 heavy (non-hydrogen) atoms. The second-order valence-electron chi connectivity index (χ2n) is 6.13. The number of hydrogen-bond acceptors (Lipinski definition) is 3. The number of amides is 2. The molecule has 3 rings (SSSR count). The number of rotatable bonds is 6. The summed E-state index contributed by atoms with van der Waals surface area (Å²) in [6.07, 6.45) is 0. The van der Waals surface area contributed by atoms with Gasteiger partial charge in [0.2, 0.25) is 0 Å². The van der Waals surface area contributed by atoms with Crippen LogP contribution in [0.1, 0.15) is 5.56 Å². The molecule has 0 bridgehead atoms. The maximum absolute atomic E-state index is 12.6. The van der Waals surface area contributed by atoms with E-state index in [9.17, 15) is 4.79 Å². The minimum Gasteiger partial charge on any atom is -0.386 e. The van der Waals surface area contributed by atoms with Crippen LogP contribution in [0.25, 0.3) is 0 Å². The molecule has 5 nitrogen and oxygen atoms in total. The molecule has 0 unspecified atom stereocenters.